The van der Waals surface area contributed by atoms with E-state index in [2.05, 4.69) is 10.6 Å². The minimum absolute atomic E-state index is 0.194. The molecule has 2 aromatic carbocycles. The second kappa shape index (κ2) is 9.83. The maximum Gasteiger partial charge on any atom is 0.331 e. The number of hydrogen-bond donors (Lipinski definition) is 2. The van der Waals surface area contributed by atoms with Gasteiger partial charge >= 0.3 is 5.97 Å². The fourth-order valence-corrected chi connectivity index (χ4v) is 2.43. The van der Waals surface area contributed by atoms with Crippen LogP contribution in [-0.4, -0.2) is 24.4 Å². The molecule has 3 aromatic rings. The summed E-state index contributed by atoms with van der Waals surface area (Å²) in [5.74, 6) is -1.77. The van der Waals surface area contributed by atoms with Gasteiger partial charge in [-0.05, 0) is 54.6 Å². The van der Waals surface area contributed by atoms with Crippen LogP contribution in [0.1, 0.15) is 16.1 Å². The lowest BCUT2D eigenvalue weighted by Gasteiger charge is -2.11. The molecule has 0 radical (unpaired) electrons. The number of furan rings is 1. The molecular weight excluding hydrogens is 391 g/mol. The van der Waals surface area contributed by atoms with Gasteiger partial charge in [0, 0.05) is 11.8 Å². The van der Waals surface area contributed by atoms with E-state index in [1.54, 1.807) is 24.3 Å². The average Bonchev–Trinajstić information content (AvgIpc) is 3.26. The van der Waals surface area contributed by atoms with Crippen LogP contribution in [0.25, 0.3) is 6.08 Å². The number of nitrogens with one attached hydrogen (secondary N) is 2. The summed E-state index contributed by atoms with van der Waals surface area (Å²) in [5.41, 5.74) is 0.836. The molecule has 0 aliphatic carbocycles. The molecule has 0 saturated carbocycles. The lowest BCUT2D eigenvalue weighted by atomic mass is 10.1. The number of benzene rings is 2. The van der Waals surface area contributed by atoms with Crippen molar-refractivity contribution in [3.05, 3.63) is 90.1 Å². The summed E-state index contributed by atoms with van der Waals surface area (Å²) in [7, 11) is 0. The van der Waals surface area contributed by atoms with Gasteiger partial charge in [0.15, 0.2) is 6.61 Å². The Hall–Kier alpha value is -4.20. The highest BCUT2D eigenvalue weighted by atomic mass is 19.1. The molecule has 0 aliphatic heterocycles. The maximum absolute atomic E-state index is 13.0. The largest absolute Gasteiger partial charge is 0.465 e. The number of halogens is 1. The van der Waals surface area contributed by atoms with Crippen molar-refractivity contribution in [1.29, 1.82) is 0 Å². The van der Waals surface area contributed by atoms with Crippen LogP contribution in [0.2, 0.25) is 0 Å². The molecule has 2 amide bonds. The van der Waals surface area contributed by atoms with Crippen LogP contribution < -0.4 is 10.6 Å². The zero-order chi connectivity index (χ0) is 21.3. The molecule has 0 atom stereocenters. The highest BCUT2D eigenvalue weighted by molar-refractivity contribution is 6.10. The van der Waals surface area contributed by atoms with E-state index in [4.69, 9.17) is 9.15 Å². The van der Waals surface area contributed by atoms with Crippen molar-refractivity contribution in [2.75, 3.05) is 17.2 Å². The molecule has 30 heavy (non-hydrogen) atoms. The van der Waals surface area contributed by atoms with Gasteiger partial charge in [-0.1, -0.05) is 12.1 Å². The van der Waals surface area contributed by atoms with E-state index in [0.29, 0.717) is 11.4 Å². The number of esters is 1. The Kier molecular flexibility index (Phi) is 6.73. The molecule has 7 nitrogen and oxygen atoms in total. The minimum atomic E-state index is -0.719. The van der Waals surface area contributed by atoms with Gasteiger partial charge in [0.1, 0.15) is 11.6 Å². The van der Waals surface area contributed by atoms with Crippen LogP contribution >= 0.6 is 0 Å². The zero-order valence-electron chi connectivity index (χ0n) is 15.6. The number of para-hydroxylation sites is 1. The summed E-state index contributed by atoms with van der Waals surface area (Å²) in [6.07, 6.45) is 4.01. The number of amides is 2. The highest BCUT2D eigenvalue weighted by Crippen LogP contribution is 2.18. The van der Waals surface area contributed by atoms with Gasteiger partial charge in [0.25, 0.3) is 11.8 Å². The van der Waals surface area contributed by atoms with E-state index in [1.165, 1.54) is 48.7 Å². The molecule has 152 valence electrons. The summed E-state index contributed by atoms with van der Waals surface area (Å²) < 4.78 is 22.9. The Morgan fingerprint density at radius 3 is 2.47 bits per heavy atom. The lowest BCUT2D eigenvalue weighted by molar-refractivity contribution is -0.142. The smallest absolute Gasteiger partial charge is 0.331 e. The topological polar surface area (TPSA) is 97.6 Å². The number of ether oxygens (including phenoxy) is 1. The average molecular weight is 408 g/mol. The van der Waals surface area contributed by atoms with Crippen molar-refractivity contribution in [2.24, 2.45) is 0 Å². The Morgan fingerprint density at radius 2 is 1.73 bits per heavy atom. The lowest BCUT2D eigenvalue weighted by Crippen LogP contribution is -2.22. The van der Waals surface area contributed by atoms with Crippen LogP contribution in [0.5, 0.6) is 0 Å². The molecule has 0 aliphatic rings. The number of rotatable bonds is 7. The molecule has 1 heterocycles. The van der Waals surface area contributed by atoms with Crippen molar-refractivity contribution in [3.8, 4) is 0 Å². The van der Waals surface area contributed by atoms with Gasteiger partial charge in [-0.15, -0.1) is 0 Å². The summed E-state index contributed by atoms with van der Waals surface area (Å²) in [5, 5.41) is 5.15. The Morgan fingerprint density at radius 1 is 0.967 bits per heavy atom. The Bertz CT molecular complexity index is 1060. The van der Waals surface area contributed by atoms with E-state index < -0.39 is 30.2 Å². The van der Waals surface area contributed by atoms with Crippen LogP contribution in [-0.2, 0) is 14.3 Å². The van der Waals surface area contributed by atoms with Crippen LogP contribution in [0.4, 0.5) is 15.8 Å². The molecule has 0 bridgehead atoms. The van der Waals surface area contributed by atoms with Gasteiger partial charge in [0.2, 0.25) is 0 Å². The molecule has 2 N–H and O–H groups in total. The van der Waals surface area contributed by atoms with Crippen molar-refractivity contribution < 1.29 is 27.9 Å². The summed E-state index contributed by atoms with van der Waals surface area (Å²) in [4.78, 5) is 36.3. The Balaban J connectivity index is 1.57. The zero-order valence-corrected chi connectivity index (χ0v) is 15.6. The predicted octanol–water partition coefficient (Wildman–Crippen LogP) is 3.87. The SMILES string of the molecule is O=C(COC(=O)/C=C/c1ccco1)Nc1ccccc1C(=O)Nc1ccc(F)cc1. The third-order valence-corrected chi connectivity index (χ3v) is 3.82. The highest BCUT2D eigenvalue weighted by Gasteiger charge is 2.14. The standard InChI is InChI=1S/C22H17FN2O5/c23-15-7-9-16(10-8-15)24-22(28)18-5-1-2-6-19(18)25-20(26)14-30-21(27)12-11-17-4-3-13-29-17/h1-13H,14H2,(H,24,28)(H,25,26)/b12-11+. The molecule has 3 rings (SSSR count). The summed E-state index contributed by atoms with van der Waals surface area (Å²) in [6.45, 7) is -0.532. The monoisotopic (exact) mass is 408 g/mol. The van der Waals surface area contributed by atoms with Gasteiger partial charge < -0.3 is 19.8 Å². The Labute approximate surface area is 171 Å². The predicted molar refractivity (Wildman–Crippen MR) is 108 cm³/mol. The first-order chi connectivity index (χ1) is 14.5. The number of carbonyl (C=O) groups excluding carboxylic acids is 3. The minimum Gasteiger partial charge on any atom is -0.465 e. The molecule has 0 spiro atoms. The van der Waals surface area contributed by atoms with Gasteiger partial charge in [-0.2, -0.15) is 0 Å². The maximum atomic E-state index is 13.0. The first-order valence-electron chi connectivity index (χ1n) is 8.85. The second-order valence-corrected chi connectivity index (χ2v) is 6.01. The molecule has 0 saturated heterocycles. The van der Waals surface area contributed by atoms with E-state index in [-0.39, 0.29) is 11.3 Å². The van der Waals surface area contributed by atoms with Crippen molar-refractivity contribution in [2.45, 2.75) is 0 Å². The number of hydrogen-bond acceptors (Lipinski definition) is 5. The van der Waals surface area contributed by atoms with E-state index in [9.17, 15) is 18.8 Å². The van der Waals surface area contributed by atoms with Crippen molar-refractivity contribution in [1.82, 2.24) is 0 Å². The molecule has 0 unspecified atom stereocenters. The van der Waals surface area contributed by atoms with Gasteiger partial charge in [0.05, 0.1) is 17.5 Å². The van der Waals surface area contributed by atoms with E-state index in [1.807, 2.05) is 0 Å². The quantitative estimate of drug-likeness (QED) is 0.457. The van der Waals surface area contributed by atoms with Crippen LogP contribution in [0.15, 0.2) is 77.4 Å². The number of anilines is 2. The third-order valence-electron chi connectivity index (χ3n) is 3.82. The first-order valence-corrected chi connectivity index (χ1v) is 8.85. The van der Waals surface area contributed by atoms with Crippen molar-refractivity contribution in [3.63, 3.8) is 0 Å². The van der Waals surface area contributed by atoms with Gasteiger partial charge in [-0.25, -0.2) is 9.18 Å². The molecule has 8 heteroatoms. The normalized spacial score (nSPS) is 10.6. The summed E-state index contributed by atoms with van der Waals surface area (Å²) >= 11 is 0. The molecular formula is C22H17FN2O5. The van der Waals surface area contributed by atoms with Crippen molar-refractivity contribution >= 4 is 35.2 Å². The second-order valence-electron chi connectivity index (χ2n) is 6.01. The molecule has 1 aromatic heterocycles. The fourth-order valence-electron chi connectivity index (χ4n) is 2.43. The van der Waals surface area contributed by atoms with Crippen LogP contribution in [0.3, 0.4) is 0 Å². The molecule has 0 fully saturated rings. The van der Waals surface area contributed by atoms with Gasteiger partial charge in [-0.3, -0.25) is 9.59 Å². The first kappa shape index (κ1) is 20.5. The number of carbonyl (C=O) groups is 3. The summed E-state index contributed by atoms with van der Waals surface area (Å²) in [6, 6.07) is 14.9. The fraction of sp³-hybridized carbons (Fsp3) is 0.0455. The van der Waals surface area contributed by atoms with Crippen LogP contribution in [0, 0.1) is 5.82 Å². The third kappa shape index (κ3) is 5.90. The van der Waals surface area contributed by atoms with E-state index in [0.717, 1.165) is 6.08 Å². The van der Waals surface area contributed by atoms with E-state index >= 15 is 0 Å².